The number of aryl methyl sites for hydroxylation is 3. The number of rotatable bonds is 7. The summed E-state index contributed by atoms with van der Waals surface area (Å²) < 4.78 is 5.28. The van der Waals surface area contributed by atoms with Crippen molar-refractivity contribution in [3.8, 4) is 5.75 Å². The van der Waals surface area contributed by atoms with Crippen molar-refractivity contribution < 1.29 is 14.4 Å². The summed E-state index contributed by atoms with van der Waals surface area (Å²) in [7, 11) is 3.12. The van der Waals surface area contributed by atoms with E-state index in [0.717, 1.165) is 41.7 Å². The van der Waals surface area contributed by atoms with Crippen LogP contribution in [0.5, 0.6) is 5.75 Å². The molecule has 5 nitrogen and oxygen atoms in total. The van der Waals surface area contributed by atoms with Crippen LogP contribution in [0.2, 0.25) is 0 Å². The Morgan fingerprint density at radius 2 is 1.93 bits per heavy atom. The summed E-state index contributed by atoms with van der Waals surface area (Å²) >= 11 is 0. The summed E-state index contributed by atoms with van der Waals surface area (Å²) in [5.74, 6) is 0.647. The molecule has 0 bridgehead atoms. The van der Waals surface area contributed by atoms with Gasteiger partial charge in [0.25, 0.3) is 5.91 Å². The maximum absolute atomic E-state index is 12.6. The Labute approximate surface area is 160 Å². The minimum Gasteiger partial charge on any atom is -0.496 e. The standard InChI is InChI=1S/C22H26N2O3/c1-15-13-16(7-10-20(15)26-2)11-12-23-22(25)21(24-27-3)19-9-8-17-5-4-6-18(17)14-19/h7-10,13-14H,4-6,11-12H2,1-3H3,(H,23,25). The van der Waals surface area contributed by atoms with E-state index in [1.807, 2.05) is 25.1 Å². The number of ether oxygens (including phenoxy) is 1. The number of carbonyl (C=O) groups is 1. The number of oxime groups is 1. The maximum Gasteiger partial charge on any atom is 0.273 e. The number of nitrogens with zero attached hydrogens (tertiary/aromatic N) is 1. The lowest BCUT2D eigenvalue weighted by Gasteiger charge is -2.10. The van der Waals surface area contributed by atoms with Crippen molar-refractivity contribution in [2.24, 2.45) is 5.16 Å². The molecule has 0 fully saturated rings. The summed E-state index contributed by atoms with van der Waals surface area (Å²) in [5.41, 5.74) is 6.02. The zero-order valence-corrected chi connectivity index (χ0v) is 16.2. The second-order valence-electron chi connectivity index (χ2n) is 6.77. The predicted molar refractivity (Wildman–Crippen MR) is 106 cm³/mol. The highest BCUT2D eigenvalue weighted by atomic mass is 16.6. The van der Waals surface area contributed by atoms with Crippen molar-refractivity contribution >= 4 is 11.6 Å². The second-order valence-corrected chi connectivity index (χ2v) is 6.77. The fourth-order valence-corrected chi connectivity index (χ4v) is 3.54. The topological polar surface area (TPSA) is 59.9 Å². The third kappa shape index (κ3) is 4.48. The molecular weight excluding hydrogens is 340 g/mol. The fourth-order valence-electron chi connectivity index (χ4n) is 3.54. The van der Waals surface area contributed by atoms with Gasteiger partial charge in [0.15, 0.2) is 5.71 Å². The average Bonchev–Trinajstić information content (AvgIpc) is 3.14. The molecule has 142 valence electrons. The van der Waals surface area contributed by atoms with Crippen molar-refractivity contribution in [3.05, 3.63) is 64.2 Å². The molecule has 2 aromatic carbocycles. The van der Waals surface area contributed by atoms with Gasteiger partial charge in [0, 0.05) is 12.1 Å². The minimum atomic E-state index is -0.222. The maximum atomic E-state index is 12.6. The van der Waals surface area contributed by atoms with E-state index < -0.39 is 0 Å². The zero-order valence-electron chi connectivity index (χ0n) is 16.2. The first-order valence-electron chi connectivity index (χ1n) is 9.27. The highest BCUT2D eigenvalue weighted by molar-refractivity contribution is 6.45. The lowest BCUT2D eigenvalue weighted by molar-refractivity contribution is -0.114. The first-order chi connectivity index (χ1) is 13.1. The van der Waals surface area contributed by atoms with Crippen molar-refractivity contribution in [2.45, 2.75) is 32.6 Å². The molecule has 2 aromatic rings. The highest BCUT2D eigenvalue weighted by Crippen LogP contribution is 2.23. The van der Waals surface area contributed by atoms with Crippen LogP contribution in [0.15, 0.2) is 41.6 Å². The summed E-state index contributed by atoms with van der Waals surface area (Å²) in [6.45, 7) is 2.54. The van der Waals surface area contributed by atoms with Gasteiger partial charge in [0.2, 0.25) is 0 Å². The first-order valence-corrected chi connectivity index (χ1v) is 9.27. The number of nitrogens with one attached hydrogen (secondary N) is 1. The average molecular weight is 366 g/mol. The molecule has 1 aliphatic rings. The normalized spacial score (nSPS) is 13.2. The Bertz CT molecular complexity index is 859. The van der Waals surface area contributed by atoms with Crippen LogP contribution in [0.1, 0.15) is 34.2 Å². The Balaban J connectivity index is 1.64. The Morgan fingerprint density at radius 3 is 2.67 bits per heavy atom. The molecule has 3 rings (SSSR count). The van der Waals surface area contributed by atoms with Crippen LogP contribution < -0.4 is 10.1 Å². The molecule has 1 amide bonds. The monoisotopic (exact) mass is 366 g/mol. The summed E-state index contributed by atoms with van der Waals surface area (Å²) in [6.07, 6.45) is 4.08. The van der Waals surface area contributed by atoms with Crippen molar-refractivity contribution in [3.63, 3.8) is 0 Å². The zero-order chi connectivity index (χ0) is 19.2. The molecule has 0 saturated carbocycles. The highest BCUT2D eigenvalue weighted by Gasteiger charge is 2.18. The number of benzene rings is 2. The number of methoxy groups -OCH3 is 1. The SMILES string of the molecule is CON=C(C(=O)NCCc1ccc(OC)c(C)c1)c1ccc2c(c1)CCC2. The number of carbonyl (C=O) groups excluding carboxylic acids is 1. The molecule has 0 unspecified atom stereocenters. The van der Waals surface area contributed by atoms with E-state index in [1.54, 1.807) is 7.11 Å². The number of amides is 1. The molecule has 1 aliphatic carbocycles. The molecule has 0 aliphatic heterocycles. The van der Waals surface area contributed by atoms with Gasteiger partial charge in [-0.1, -0.05) is 29.4 Å². The summed E-state index contributed by atoms with van der Waals surface area (Å²) in [5, 5.41) is 6.92. The van der Waals surface area contributed by atoms with E-state index in [0.29, 0.717) is 12.3 Å². The van der Waals surface area contributed by atoms with E-state index in [1.165, 1.54) is 24.7 Å². The van der Waals surface area contributed by atoms with Gasteiger partial charge in [-0.15, -0.1) is 0 Å². The van der Waals surface area contributed by atoms with E-state index in [2.05, 4.69) is 28.7 Å². The summed E-state index contributed by atoms with van der Waals surface area (Å²) in [6, 6.07) is 12.2. The molecule has 0 heterocycles. The van der Waals surface area contributed by atoms with Gasteiger partial charge in [0.05, 0.1) is 7.11 Å². The lowest BCUT2D eigenvalue weighted by atomic mass is 10.0. The van der Waals surface area contributed by atoms with Gasteiger partial charge < -0.3 is 14.9 Å². The minimum absolute atomic E-state index is 0.222. The molecule has 0 radical (unpaired) electrons. The summed E-state index contributed by atoms with van der Waals surface area (Å²) in [4.78, 5) is 17.6. The molecular formula is C22H26N2O3. The third-order valence-corrected chi connectivity index (χ3v) is 4.93. The molecule has 27 heavy (non-hydrogen) atoms. The van der Waals surface area contributed by atoms with Gasteiger partial charge in [0.1, 0.15) is 12.9 Å². The number of hydrogen-bond donors (Lipinski definition) is 1. The molecule has 0 aromatic heterocycles. The Kier molecular flexibility index (Phi) is 6.12. The van der Waals surface area contributed by atoms with Crippen LogP contribution in [0.25, 0.3) is 0 Å². The largest absolute Gasteiger partial charge is 0.496 e. The second kappa shape index (κ2) is 8.71. The Morgan fingerprint density at radius 1 is 1.11 bits per heavy atom. The smallest absolute Gasteiger partial charge is 0.273 e. The van der Waals surface area contributed by atoms with E-state index >= 15 is 0 Å². The fraction of sp³-hybridized carbons (Fsp3) is 0.364. The number of hydrogen-bond acceptors (Lipinski definition) is 4. The lowest BCUT2D eigenvalue weighted by Crippen LogP contribution is -2.33. The van der Waals surface area contributed by atoms with Crippen LogP contribution >= 0.6 is 0 Å². The quantitative estimate of drug-likeness (QED) is 0.605. The van der Waals surface area contributed by atoms with Crippen LogP contribution in [-0.2, 0) is 28.9 Å². The van der Waals surface area contributed by atoms with Crippen LogP contribution in [-0.4, -0.2) is 32.4 Å². The van der Waals surface area contributed by atoms with Gasteiger partial charge in [-0.05, 0) is 67.0 Å². The van der Waals surface area contributed by atoms with E-state index in [4.69, 9.17) is 9.57 Å². The van der Waals surface area contributed by atoms with Crippen molar-refractivity contribution in [2.75, 3.05) is 20.8 Å². The van der Waals surface area contributed by atoms with Crippen LogP contribution in [0.4, 0.5) is 0 Å². The third-order valence-electron chi connectivity index (χ3n) is 4.93. The van der Waals surface area contributed by atoms with Crippen LogP contribution in [0.3, 0.4) is 0 Å². The molecule has 0 saturated heterocycles. The molecule has 0 atom stereocenters. The van der Waals surface area contributed by atoms with Gasteiger partial charge >= 0.3 is 0 Å². The van der Waals surface area contributed by atoms with Crippen molar-refractivity contribution in [1.82, 2.24) is 5.32 Å². The van der Waals surface area contributed by atoms with Gasteiger partial charge in [-0.25, -0.2) is 0 Å². The molecule has 0 spiro atoms. The van der Waals surface area contributed by atoms with Crippen LogP contribution in [0, 0.1) is 6.92 Å². The van der Waals surface area contributed by atoms with Gasteiger partial charge in [-0.3, -0.25) is 4.79 Å². The van der Waals surface area contributed by atoms with E-state index in [9.17, 15) is 4.79 Å². The van der Waals surface area contributed by atoms with Gasteiger partial charge in [-0.2, -0.15) is 0 Å². The Hall–Kier alpha value is -2.82. The molecule has 1 N–H and O–H groups in total. The molecule has 5 heteroatoms. The van der Waals surface area contributed by atoms with Crippen molar-refractivity contribution in [1.29, 1.82) is 0 Å². The predicted octanol–water partition coefficient (Wildman–Crippen LogP) is 3.20. The van der Waals surface area contributed by atoms with E-state index in [-0.39, 0.29) is 5.91 Å². The first kappa shape index (κ1) is 19.0. The number of fused-ring (bicyclic) bond motifs is 1.